The summed E-state index contributed by atoms with van der Waals surface area (Å²) >= 11 is 0. The molecule has 0 atom stereocenters. The van der Waals surface area contributed by atoms with E-state index in [9.17, 15) is 4.79 Å². The molecule has 3 aromatic heterocycles. The molecule has 0 bridgehead atoms. The van der Waals surface area contributed by atoms with E-state index in [0.29, 0.717) is 24.5 Å². The highest BCUT2D eigenvalue weighted by Gasteiger charge is 2.14. The van der Waals surface area contributed by atoms with E-state index in [1.165, 1.54) is 11.1 Å². The molecular weight excluding hydrogens is 366 g/mol. The highest BCUT2D eigenvalue weighted by atomic mass is 16.4. The Morgan fingerprint density at radius 3 is 2.69 bits per heavy atom. The number of nitrogens with zero attached hydrogens (tertiary/aromatic N) is 4. The molecule has 1 aromatic carbocycles. The van der Waals surface area contributed by atoms with Gasteiger partial charge in [0.15, 0.2) is 5.76 Å². The van der Waals surface area contributed by atoms with E-state index >= 15 is 0 Å². The predicted octanol–water partition coefficient (Wildman–Crippen LogP) is 3.95. The second-order valence-electron chi connectivity index (χ2n) is 7.16. The minimum absolute atomic E-state index is 0.258. The van der Waals surface area contributed by atoms with Gasteiger partial charge in [-0.1, -0.05) is 24.3 Å². The lowest BCUT2D eigenvalue weighted by Gasteiger charge is -2.05. The predicted molar refractivity (Wildman–Crippen MR) is 110 cm³/mol. The van der Waals surface area contributed by atoms with Crippen LogP contribution in [0.1, 0.15) is 38.8 Å². The molecule has 1 amide bonds. The summed E-state index contributed by atoms with van der Waals surface area (Å²) in [7, 11) is 0. The molecule has 0 saturated heterocycles. The number of amides is 1. The van der Waals surface area contributed by atoms with Crippen molar-refractivity contribution in [1.29, 1.82) is 0 Å². The first-order chi connectivity index (χ1) is 14.0. The van der Waals surface area contributed by atoms with Gasteiger partial charge in [0, 0.05) is 11.9 Å². The summed E-state index contributed by atoms with van der Waals surface area (Å²) in [4.78, 5) is 12.5. The number of nitrogens with one attached hydrogen (secondary N) is 1. The minimum atomic E-state index is -0.306. The standard InChI is InChI=1S/C22H23N5O2/c1-15-6-4-5-7-18(15)12-26-13-19(11-23-26)24-22(28)21-9-8-20(29-21)14-27-17(3)10-16(2)25-27/h4-11,13H,12,14H2,1-3H3,(H,24,28). The zero-order valence-corrected chi connectivity index (χ0v) is 16.7. The number of aryl methyl sites for hydroxylation is 3. The van der Waals surface area contributed by atoms with Gasteiger partial charge in [-0.05, 0) is 50.1 Å². The van der Waals surface area contributed by atoms with Gasteiger partial charge < -0.3 is 9.73 Å². The first kappa shape index (κ1) is 18.7. The fraction of sp³-hybridized carbons (Fsp3) is 0.227. The third-order valence-electron chi connectivity index (χ3n) is 4.78. The number of carbonyl (C=O) groups is 1. The number of furan rings is 1. The monoisotopic (exact) mass is 389 g/mol. The van der Waals surface area contributed by atoms with Gasteiger partial charge in [-0.3, -0.25) is 14.2 Å². The van der Waals surface area contributed by atoms with Crippen LogP contribution in [0.2, 0.25) is 0 Å². The smallest absolute Gasteiger partial charge is 0.291 e. The number of hydrogen-bond donors (Lipinski definition) is 1. The second kappa shape index (κ2) is 7.79. The van der Waals surface area contributed by atoms with Crippen LogP contribution in [0, 0.1) is 20.8 Å². The average molecular weight is 389 g/mol. The Morgan fingerprint density at radius 1 is 1.10 bits per heavy atom. The Bertz CT molecular complexity index is 1150. The largest absolute Gasteiger partial charge is 0.454 e. The number of carbonyl (C=O) groups excluding carboxylic acids is 1. The van der Waals surface area contributed by atoms with Crippen molar-refractivity contribution in [2.24, 2.45) is 0 Å². The fourth-order valence-corrected chi connectivity index (χ4v) is 3.24. The van der Waals surface area contributed by atoms with Gasteiger partial charge in [0.2, 0.25) is 0 Å². The number of anilines is 1. The highest BCUT2D eigenvalue weighted by molar-refractivity contribution is 6.02. The van der Waals surface area contributed by atoms with Crippen LogP contribution in [0.5, 0.6) is 0 Å². The first-order valence-corrected chi connectivity index (χ1v) is 9.46. The molecule has 4 aromatic rings. The SMILES string of the molecule is Cc1cc(C)n(Cc2ccc(C(=O)Nc3cnn(Cc4ccccc4C)c3)o2)n1. The van der Waals surface area contributed by atoms with E-state index in [-0.39, 0.29) is 11.7 Å². The van der Waals surface area contributed by atoms with Crippen LogP contribution in [-0.4, -0.2) is 25.5 Å². The molecule has 1 N–H and O–H groups in total. The minimum Gasteiger partial charge on any atom is -0.454 e. The first-order valence-electron chi connectivity index (χ1n) is 9.46. The Morgan fingerprint density at radius 2 is 1.93 bits per heavy atom. The maximum atomic E-state index is 12.5. The van der Waals surface area contributed by atoms with Gasteiger partial charge >= 0.3 is 0 Å². The Kier molecular flexibility index (Phi) is 5.03. The number of rotatable bonds is 6. The molecule has 0 aliphatic rings. The van der Waals surface area contributed by atoms with Crippen LogP contribution < -0.4 is 5.32 Å². The third-order valence-corrected chi connectivity index (χ3v) is 4.78. The van der Waals surface area contributed by atoms with E-state index < -0.39 is 0 Å². The Hall–Kier alpha value is -3.61. The molecule has 0 spiro atoms. The van der Waals surface area contributed by atoms with Gasteiger partial charge in [0.1, 0.15) is 5.76 Å². The summed E-state index contributed by atoms with van der Waals surface area (Å²) < 4.78 is 9.36. The molecule has 29 heavy (non-hydrogen) atoms. The van der Waals surface area contributed by atoms with Gasteiger partial charge in [-0.15, -0.1) is 0 Å². The topological polar surface area (TPSA) is 77.9 Å². The number of benzene rings is 1. The van der Waals surface area contributed by atoms with Crippen LogP contribution in [0.3, 0.4) is 0 Å². The molecular formula is C22H23N5O2. The lowest BCUT2D eigenvalue weighted by Crippen LogP contribution is -2.10. The summed E-state index contributed by atoms with van der Waals surface area (Å²) in [5.41, 5.74) is 5.02. The molecule has 0 aliphatic carbocycles. The van der Waals surface area contributed by atoms with Crippen molar-refractivity contribution in [2.45, 2.75) is 33.9 Å². The lowest BCUT2D eigenvalue weighted by molar-refractivity contribution is 0.0994. The quantitative estimate of drug-likeness (QED) is 0.542. The van der Waals surface area contributed by atoms with Crippen molar-refractivity contribution < 1.29 is 9.21 Å². The van der Waals surface area contributed by atoms with Gasteiger partial charge in [0.05, 0.1) is 30.7 Å². The summed E-state index contributed by atoms with van der Waals surface area (Å²) in [5, 5.41) is 11.6. The van der Waals surface area contributed by atoms with Crippen molar-refractivity contribution in [3.8, 4) is 0 Å². The molecule has 0 saturated carbocycles. The molecule has 7 heteroatoms. The zero-order valence-electron chi connectivity index (χ0n) is 16.7. The van der Waals surface area contributed by atoms with Gasteiger partial charge in [0.25, 0.3) is 5.91 Å². The van der Waals surface area contributed by atoms with E-state index in [0.717, 1.165) is 11.4 Å². The van der Waals surface area contributed by atoms with E-state index in [2.05, 4.69) is 34.6 Å². The molecule has 3 heterocycles. The van der Waals surface area contributed by atoms with Crippen molar-refractivity contribution in [1.82, 2.24) is 19.6 Å². The van der Waals surface area contributed by atoms with E-state index in [1.807, 2.05) is 42.9 Å². The molecule has 0 aliphatic heterocycles. The van der Waals surface area contributed by atoms with Crippen LogP contribution >= 0.6 is 0 Å². The Labute approximate surface area is 169 Å². The summed E-state index contributed by atoms with van der Waals surface area (Å²) in [5.74, 6) is 0.629. The van der Waals surface area contributed by atoms with E-state index in [1.54, 1.807) is 23.0 Å². The fourth-order valence-electron chi connectivity index (χ4n) is 3.24. The maximum Gasteiger partial charge on any atom is 0.291 e. The maximum absolute atomic E-state index is 12.5. The third kappa shape index (κ3) is 4.29. The molecule has 0 radical (unpaired) electrons. The van der Waals surface area contributed by atoms with Crippen LogP contribution in [0.15, 0.2) is 59.3 Å². The van der Waals surface area contributed by atoms with Gasteiger partial charge in [-0.25, -0.2) is 0 Å². The van der Waals surface area contributed by atoms with Crippen molar-refractivity contribution >= 4 is 11.6 Å². The van der Waals surface area contributed by atoms with Crippen molar-refractivity contribution in [3.63, 3.8) is 0 Å². The van der Waals surface area contributed by atoms with Crippen LogP contribution in [-0.2, 0) is 13.1 Å². The van der Waals surface area contributed by atoms with Crippen molar-refractivity contribution in [3.05, 3.63) is 88.9 Å². The second-order valence-corrected chi connectivity index (χ2v) is 7.16. The highest BCUT2D eigenvalue weighted by Crippen LogP contribution is 2.15. The van der Waals surface area contributed by atoms with Crippen molar-refractivity contribution in [2.75, 3.05) is 5.32 Å². The zero-order chi connectivity index (χ0) is 20.4. The van der Waals surface area contributed by atoms with E-state index in [4.69, 9.17) is 4.42 Å². The van der Waals surface area contributed by atoms with Gasteiger partial charge in [-0.2, -0.15) is 10.2 Å². The summed E-state index contributed by atoms with van der Waals surface area (Å²) in [6.07, 6.45) is 3.44. The molecule has 148 valence electrons. The summed E-state index contributed by atoms with van der Waals surface area (Å²) in [6, 6.07) is 13.6. The molecule has 4 rings (SSSR count). The van der Waals surface area contributed by atoms with Crippen LogP contribution in [0.25, 0.3) is 0 Å². The number of hydrogen-bond acceptors (Lipinski definition) is 4. The summed E-state index contributed by atoms with van der Waals surface area (Å²) in [6.45, 7) is 7.15. The molecule has 0 unspecified atom stereocenters. The molecule has 0 fully saturated rings. The average Bonchev–Trinajstić information content (AvgIpc) is 3.39. The number of aromatic nitrogens is 4. The Balaban J connectivity index is 1.40. The van der Waals surface area contributed by atoms with Crippen LogP contribution in [0.4, 0.5) is 5.69 Å². The lowest BCUT2D eigenvalue weighted by atomic mass is 10.1. The normalized spacial score (nSPS) is 11.0. The molecule has 7 nitrogen and oxygen atoms in total.